The Kier molecular flexibility index (Phi) is 6.44. The lowest BCUT2D eigenvalue weighted by Crippen LogP contribution is -2.14. The molecule has 0 radical (unpaired) electrons. The van der Waals surface area contributed by atoms with E-state index in [-0.39, 0.29) is 5.17 Å². The van der Waals surface area contributed by atoms with Gasteiger partial charge in [0.1, 0.15) is 18.1 Å². The molecule has 1 N–H and O–H groups in total. The molecule has 0 atom stereocenters. The topological polar surface area (TPSA) is 39.7 Å². The molecule has 0 heterocycles. The van der Waals surface area contributed by atoms with E-state index in [1.807, 2.05) is 24.3 Å². The van der Waals surface area contributed by atoms with E-state index in [0.717, 1.165) is 29.0 Å². The maximum atomic E-state index is 6.00. The number of hydrogen-bond acceptors (Lipinski definition) is 4. The second kappa shape index (κ2) is 8.55. The number of nitrogens with one attached hydrogen (secondary N) is 1. The van der Waals surface area contributed by atoms with Gasteiger partial charge in [0.2, 0.25) is 0 Å². The molecule has 0 aliphatic heterocycles. The lowest BCUT2D eigenvalue weighted by molar-refractivity contribution is 0.304. The molecule has 0 bridgehead atoms. The predicted molar refractivity (Wildman–Crippen MR) is 101 cm³/mol. The van der Waals surface area contributed by atoms with Crippen LogP contribution in [-0.2, 0) is 17.8 Å². The average molecular weight is 345 g/mol. The molecule has 5 heteroatoms. The molecule has 2 aromatic rings. The van der Waals surface area contributed by atoms with Crippen LogP contribution in [0.1, 0.15) is 23.6 Å². The Morgan fingerprint density at radius 1 is 1.12 bits per heavy atom. The summed E-state index contributed by atoms with van der Waals surface area (Å²) in [7, 11) is 3.15. The summed E-state index contributed by atoms with van der Waals surface area (Å²) in [5.74, 6) is 1.56. The zero-order chi connectivity index (χ0) is 17.5. The molecule has 0 aromatic heterocycles. The van der Waals surface area contributed by atoms with E-state index < -0.39 is 0 Å². The summed E-state index contributed by atoms with van der Waals surface area (Å²) in [6, 6.07) is 12.0. The van der Waals surface area contributed by atoms with Crippen molar-refractivity contribution in [2.24, 2.45) is 0 Å². The van der Waals surface area contributed by atoms with Crippen LogP contribution in [0.25, 0.3) is 0 Å². The van der Waals surface area contributed by atoms with Crippen molar-refractivity contribution in [1.82, 2.24) is 0 Å². The predicted octanol–water partition coefficient (Wildman–Crippen LogP) is 4.49. The Labute approximate surface area is 148 Å². The minimum Gasteiger partial charge on any atom is -0.495 e. The van der Waals surface area contributed by atoms with E-state index in [2.05, 4.69) is 31.3 Å². The highest BCUT2D eigenvalue weighted by Gasteiger charge is 2.12. The Hall–Kier alpha value is -2.27. The molecular weight excluding hydrogens is 322 g/mol. The summed E-state index contributed by atoms with van der Waals surface area (Å²) >= 11 is 5.10. The number of hydrogen-bond donors (Lipinski definition) is 1. The van der Waals surface area contributed by atoms with Crippen molar-refractivity contribution in [3.63, 3.8) is 0 Å². The van der Waals surface area contributed by atoms with Crippen molar-refractivity contribution >= 4 is 23.1 Å². The van der Waals surface area contributed by atoms with Gasteiger partial charge >= 0.3 is 0 Å². The van der Waals surface area contributed by atoms with Crippen LogP contribution in [0.4, 0.5) is 5.69 Å². The number of ether oxygens (including phenoxy) is 3. The van der Waals surface area contributed by atoms with Crippen LogP contribution in [-0.4, -0.2) is 19.4 Å². The summed E-state index contributed by atoms with van der Waals surface area (Å²) in [5.41, 5.74) is 4.12. The molecule has 0 fully saturated rings. The van der Waals surface area contributed by atoms with E-state index in [9.17, 15) is 0 Å². The summed E-state index contributed by atoms with van der Waals surface area (Å²) in [6.45, 7) is 4.60. The molecule has 0 spiro atoms. The SMILES string of the molecule is CCc1ccc(OCc2cccc(OC)c2NC(=S)OC)c(C)c1. The van der Waals surface area contributed by atoms with Crippen LogP contribution >= 0.6 is 12.2 Å². The largest absolute Gasteiger partial charge is 0.495 e. The van der Waals surface area contributed by atoms with Gasteiger partial charge in [0.15, 0.2) is 0 Å². The second-order valence-corrected chi connectivity index (χ2v) is 5.72. The van der Waals surface area contributed by atoms with Crippen molar-refractivity contribution in [3.8, 4) is 11.5 Å². The lowest BCUT2D eigenvalue weighted by Gasteiger charge is -2.17. The van der Waals surface area contributed by atoms with Gasteiger partial charge in [-0.15, -0.1) is 0 Å². The molecule has 128 valence electrons. The van der Waals surface area contributed by atoms with E-state index in [1.54, 1.807) is 7.11 Å². The van der Waals surface area contributed by atoms with Gasteiger partial charge in [-0.05, 0) is 48.8 Å². The average Bonchev–Trinajstić information content (AvgIpc) is 2.61. The number of anilines is 1. The molecule has 0 saturated heterocycles. The van der Waals surface area contributed by atoms with Gasteiger partial charge in [-0.2, -0.15) is 0 Å². The highest BCUT2D eigenvalue weighted by atomic mass is 32.1. The van der Waals surface area contributed by atoms with Gasteiger partial charge in [-0.25, -0.2) is 0 Å². The first kappa shape index (κ1) is 18.1. The van der Waals surface area contributed by atoms with Gasteiger partial charge in [0.25, 0.3) is 5.17 Å². The summed E-state index contributed by atoms with van der Waals surface area (Å²) in [6.07, 6.45) is 1.01. The minimum absolute atomic E-state index is 0.282. The monoisotopic (exact) mass is 345 g/mol. The third kappa shape index (κ3) is 4.38. The van der Waals surface area contributed by atoms with Crippen molar-refractivity contribution < 1.29 is 14.2 Å². The molecule has 2 rings (SSSR count). The number of thiocarbonyl (C=S) groups is 1. The highest BCUT2D eigenvalue weighted by molar-refractivity contribution is 7.80. The number of aryl methyl sites for hydroxylation is 2. The fourth-order valence-corrected chi connectivity index (χ4v) is 2.51. The minimum atomic E-state index is 0.282. The smallest absolute Gasteiger partial charge is 0.261 e. The number of methoxy groups -OCH3 is 2. The van der Waals surface area contributed by atoms with Crippen LogP contribution in [0.2, 0.25) is 0 Å². The molecule has 0 aliphatic rings. The quantitative estimate of drug-likeness (QED) is 0.781. The lowest BCUT2D eigenvalue weighted by atomic mass is 10.1. The fourth-order valence-electron chi connectivity index (χ4n) is 2.41. The number of rotatable bonds is 6. The van der Waals surface area contributed by atoms with E-state index in [4.69, 9.17) is 26.4 Å². The molecule has 4 nitrogen and oxygen atoms in total. The summed E-state index contributed by atoms with van der Waals surface area (Å²) < 4.78 is 16.4. The van der Waals surface area contributed by atoms with Crippen molar-refractivity contribution in [1.29, 1.82) is 0 Å². The zero-order valence-corrected chi connectivity index (χ0v) is 15.3. The first-order chi connectivity index (χ1) is 11.6. The van der Waals surface area contributed by atoms with Crippen LogP contribution in [0, 0.1) is 6.92 Å². The summed E-state index contributed by atoms with van der Waals surface area (Å²) in [4.78, 5) is 0. The number of benzene rings is 2. The summed E-state index contributed by atoms with van der Waals surface area (Å²) in [5, 5.41) is 3.33. The van der Waals surface area contributed by atoms with E-state index >= 15 is 0 Å². The Balaban J connectivity index is 2.21. The molecule has 0 aliphatic carbocycles. The van der Waals surface area contributed by atoms with Crippen molar-refractivity contribution in [3.05, 3.63) is 53.1 Å². The Morgan fingerprint density at radius 3 is 2.54 bits per heavy atom. The van der Waals surface area contributed by atoms with Crippen LogP contribution in [0.15, 0.2) is 36.4 Å². The number of para-hydroxylation sites is 1. The van der Waals surface area contributed by atoms with Crippen LogP contribution < -0.4 is 14.8 Å². The first-order valence-electron chi connectivity index (χ1n) is 7.82. The molecule has 0 amide bonds. The first-order valence-corrected chi connectivity index (χ1v) is 8.23. The highest BCUT2D eigenvalue weighted by Crippen LogP contribution is 2.30. The van der Waals surface area contributed by atoms with Crippen molar-refractivity contribution in [2.75, 3.05) is 19.5 Å². The molecule has 2 aromatic carbocycles. The van der Waals surface area contributed by atoms with Crippen LogP contribution in [0.3, 0.4) is 0 Å². The van der Waals surface area contributed by atoms with E-state index in [1.165, 1.54) is 12.7 Å². The second-order valence-electron chi connectivity index (χ2n) is 5.35. The Morgan fingerprint density at radius 2 is 1.92 bits per heavy atom. The third-order valence-electron chi connectivity index (χ3n) is 3.78. The normalized spacial score (nSPS) is 10.2. The van der Waals surface area contributed by atoms with Crippen LogP contribution in [0.5, 0.6) is 11.5 Å². The maximum absolute atomic E-state index is 6.00. The van der Waals surface area contributed by atoms with Gasteiger partial charge in [0.05, 0.1) is 19.9 Å². The molecule has 0 saturated carbocycles. The maximum Gasteiger partial charge on any atom is 0.261 e. The van der Waals surface area contributed by atoms with Gasteiger partial charge in [0, 0.05) is 5.56 Å². The molecule has 24 heavy (non-hydrogen) atoms. The fraction of sp³-hybridized carbons (Fsp3) is 0.316. The Bertz CT molecular complexity index is 716. The van der Waals surface area contributed by atoms with Crippen molar-refractivity contribution in [2.45, 2.75) is 26.9 Å². The van der Waals surface area contributed by atoms with Gasteiger partial charge in [-0.3, -0.25) is 0 Å². The standard InChI is InChI=1S/C19H23NO3S/c1-5-14-9-10-16(13(2)11-14)23-12-15-7-6-8-17(21-3)18(15)20-19(24)22-4/h6-11H,5,12H2,1-4H3,(H,20,24). The zero-order valence-electron chi connectivity index (χ0n) is 14.5. The van der Waals surface area contributed by atoms with Gasteiger partial charge in [-0.1, -0.05) is 31.2 Å². The van der Waals surface area contributed by atoms with E-state index in [0.29, 0.717) is 12.4 Å². The van der Waals surface area contributed by atoms with Gasteiger partial charge < -0.3 is 19.5 Å². The molecular formula is C19H23NO3S. The molecule has 0 unspecified atom stereocenters. The third-order valence-corrected chi connectivity index (χ3v) is 4.04.